The summed E-state index contributed by atoms with van der Waals surface area (Å²) in [6.07, 6.45) is 54.4. The molecule has 1 amide bonds. The standard InChI is InChI=1S/C47H87NO4/c1-3-5-7-9-11-13-14-15-16-17-18-19-20-21-22-23-24-25-26-27-28-29-30-31-33-34-36-38-40-44(50)42-47(52)48-45(43-49)46(51)41-39-37-35-32-12-10-8-6-4-2/h4,6,12,21-22,32,39,41,44-46,49-51H,3,5,7-11,13-20,23-31,33-38,40,42-43H2,1-2H3,(H,48,52)/b6-4+,22-21-,32-12+,41-39+. The molecule has 0 bridgehead atoms. The van der Waals surface area contributed by atoms with E-state index in [-0.39, 0.29) is 18.9 Å². The van der Waals surface area contributed by atoms with E-state index in [1.807, 2.05) is 13.0 Å². The average molecular weight is 730 g/mol. The van der Waals surface area contributed by atoms with Gasteiger partial charge in [-0.25, -0.2) is 0 Å². The number of allylic oxidation sites excluding steroid dienone is 7. The van der Waals surface area contributed by atoms with Crippen LogP contribution in [-0.2, 0) is 4.79 Å². The summed E-state index contributed by atoms with van der Waals surface area (Å²) >= 11 is 0. The molecule has 3 atom stereocenters. The minimum absolute atomic E-state index is 0.00115. The number of hydrogen-bond donors (Lipinski definition) is 4. The fraction of sp³-hybridized carbons (Fsp3) is 0.809. The van der Waals surface area contributed by atoms with Gasteiger partial charge in [0.1, 0.15) is 0 Å². The molecule has 0 saturated heterocycles. The first-order chi connectivity index (χ1) is 25.5. The summed E-state index contributed by atoms with van der Waals surface area (Å²) in [5.41, 5.74) is 0. The minimum atomic E-state index is -0.958. The van der Waals surface area contributed by atoms with Gasteiger partial charge in [0.05, 0.1) is 31.3 Å². The van der Waals surface area contributed by atoms with Crippen LogP contribution < -0.4 is 5.32 Å². The molecule has 0 spiro atoms. The van der Waals surface area contributed by atoms with Crippen LogP contribution in [0.5, 0.6) is 0 Å². The Labute approximate surface area is 323 Å². The van der Waals surface area contributed by atoms with Gasteiger partial charge in [-0.15, -0.1) is 0 Å². The molecule has 0 aliphatic rings. The predicted octanol–water partition coefficient (Wildman–Crippen LogP) is 12.9. The second-order valence-corrected chi connectivity index (χ2v) is 15.3. The van der Waals surface area contributed by atoms with Gasteiger partial charge in [0.15, 0.2) is 0 Å². The van der Waals surface area contributed by atoms with Crippen molar-refractivity contribution in [1.82, 2.24) is 5.32 Å². The third-order valence-corrected chi connectivity index (χ3v) is 10.2. The Balaban J connectivity index is 3.54. The zero-order chi connectivity index (χ0) is 38.0. The fourth-order valence-electron chi connectivity index (χ4n) is 6.73. The summed E-state index contributed by atoms with van der Waals surface area (Å²) < 4.78 is 0. The third-order valence-electron chi connectivity index (χ3n) is 10.2. The molecule has 0 heterocycles. The topological polar surface area (TPSA) is 89.8 Å². The van der Waals surface area contributed by atoms with Crippen LogP contribution in [0.25, 0.3) is 0 Å². The maximum atomic E-state index is 12.4. The predicted molar refractivity (Wildman–Crippen MR) is 227 cm³/mol. The summed E-state index contributed by atoms with van der Waals surface area (Å²) in [5.74, 6) is -0.333. The number of carbonyl (C=O) groups excluding carboxylic acids is 1. The van der Waals surface area contributed by atoms with Gasteiger partial charge in [-0.3, -0.25) is 4.79 Å². The lowest BCUT2D eigenvalue weighted by atomic mass is 10.0. The fourth-order valence-corrected chi connectivity index (χ4v) is 6.73. The number of unbranched alkanes of at least 4 members (excludes halogenated alkanes) is 26. The Morgan fingerprint density at radius 3 is 1.35 bits per heavy atom. The van der Waals surface area contributed by atoms with Crippen molar-refractivity contribution >= 4 is 5.91 Å². The molecule has 0 fully saturated rings. The number of nitrogens with one attached hydrogen (secondary N) is 1. The van der Waals surface area contributed by atoms with Crippen molar-refractivity contribution in [2.75, 3.05) is 6.61 Å². The van der Waals surface area contributed by atoms with E-state index in [0.29, 0.717) is 6.42 Å². The van der Waals surface area contributed by atoms with Crippen molar-refractivity contribution in [1.29, 1.82) is 0 Å². The molecule has 0 aliphatic heterocycles. The summed E-state index contributed by atoms with van der Waals surface area (Å²) in [6.45, 7) is 3.96. The van der Waals surface area contributed by atoms with Crippen LogP contribution in [0.4, 0.5) is 0 Å². The van der Waals surface area contributed by atoms with Crippen LogP contribution in [0.1, 0.15) is 219 Å². The van der Waals surface area contributed by atoms with Crippen LogP contribution in [-0.4, -0.2) is 46.1 Å². The van der Waals surface area contributed by atoms with Crippen molar-refractivity contribution in [3.8, 4) is 0 Å². The highest BCUT2D eigenvalue weighted by Gasteiger charge is 2.20. The van der Waals surface area contributed by atoms with Crippen LogP contribution in [0.2, 0.25) is 0 Å². The molecule has 304 valence electrons. The Morgan fingerprint density at radius 1 is 0.519 bits per heavy atom. The molecule has 0 aliphatic carbocycles. The van der Waals surface area contributed by atoms with E-state index in [1.165, 1.54) is 154 Å². The Hall–Kier alpha value is -1.69. The number of amides is 1. The van der Waals surface area contributed by atoms with Crippen LogP contribution in [0, 0.1) is 0 Å². The third kappa shape index (κ3) is 38.0. The molecule has 0 rings (SSSR count). The number of aliphatic hydroxyl groups is 3. The highest BCUT2D eigenvalue weighted by molar-refractivity contribution is 5.76. The second kappa shape index (κ2) is 42.1. The maximum absolute atomic E-state index is 12.4. The number of rotatable bonds is 40. The van der Waals surface area contributed by atoms with E-state index in [9.17, 15) is 20.1 Å². The van der Waals surface area contributed by atoms with Gasteiger partial charge in [-0.2, -0.15) is 0 Å². The van der Waals surface area contributed by atoms with E-state index in [4.69, 9.17) is 0 Å². The molecule has 0 radical (unpaired) electrons. The van der Waals surface area contributed by atoms with Crippen LogP contribution in [0.3, 0.4) is 0 Å². The molecule has 0 aromatic carbocycles. The lowest BCUT2D eigenvalue weighted by molar-refractivity contribution is -0.124. The second-order valence-electron chi connectivity index (χ2n) is 15.3. The molecule has 4 N–H and O–H groups in total. The first-order valence-corrected chi connectivity index (χ1v) is 22.4. The summed E-state index contributed by atoms with van der Waals surface area (Å²) in [4.78, 5) is 12.4. The summed E-state index contributed by atoms with van der Waals surface area (Å²) in [5, 5.41) is 33.0. The number of hydrogen-bond acceptors (Lipinski definition) is 4. The summed E-state index contributed by atoms with van der Waals surface area (Å²) in [7, 11) is 0. The van der Waals surface area contributed by atoms with Crippen molar-refractivity contribution in [2.24, 2.45) is 0 Å². The molecule has 0 saturated carbocycles. The molecule has 5 nitrogen and oxygen atoms in total. The van der Waals surface area contributed by atoms with Crippen LogP contribution >= 0.6 is 0 Å². The van der Waals surface area contributed by atoms with Crippen LogP contribution in [0.15, 0.2) is 48.6 Å². The van der Waals surface area contributed by atoms with E-state index in [2.05, 4.69) is 48.7 Å². The smallest absolute Gasteiger partial charge is 0.222 e. The van der Waals surface area contributed by atoms with Gasteiger partial charge < -0.3 is 20.6 Å². The van der Waals surface area contributed by atoms with Gasteiger partial charge in [0, 0.05) is 0 Å². The van der Waals surface area contributed by atoms with Gasteiger partial charge in [-0.05, 0) is 64.7 Å². The zero-order valence-corrected chi connectivity index (χ0v) is 34.4. The van der Waals surface area contributed by atoms with Gasteiger partial charge in [-0.1, -0.05) is 197 Å². The monoisotopic (exact) mass is 730 g/mol. The van der Waals surface area contributed by atoms with E-state index in [1.54, 1.807) is 6.08 Å². The molecule has 0 aromatic rings. The van der Waals surface area contributed by atoms with Gasteiger partial charge >= 0.3 is 0 Å². The normalized spacial score (nSPS) is 14.0. The Bertz CT molecular complexity index is 850. The quantitative estimate of drug-likeness (QED) is 0.0373. The van der Waals surface area contributed by atoms with Crippen molar-refractivity contribution in [2.45, 2.75) is 238 Å². The molecule has 5 heteroatoms. The molecular weight excluding hydrogens is 643 g/mol. The average Bonchev–Trinajstić information content (AvgIpc) is 3.14. The summed E-state index contributed by atoms with van der Waals surface area (Å²) in [6, 6.07) is -0.765. The SMILES string of the molecule is C/C=C/CC/C=C/CC/C=C/C(O)C(CO)NC(=O)CC(O)CCCCCCCCCCCCCC/C=C\CCCCCCCCCCCCCC. The largest absolute Gasteiger partial charge is 0.394 e. The number of carbonyl (C=O) groups is 1. The molecular formula is C47H87NO4. The first-order valence-electron chi connectivity index (χ1n) is 22.4. The molecule has 52 heavy (non-hydrogen) atoms. The Morgan fingerprint density at radius 2 is 0.904 bits per heavy atom. The van der Waals surface area contributed by atoms with E-state index < -0.39 is 18.2 Å². The Kier molecular flexibility index (Phi) is 40.7. The van der Waals surface area contributed by atoms with Gasteiger partial charge in [0.25, 0.3) is 0 Å². The molecule has 3 unspecified atom stereocenters. The van der Waals surface area contributed by atoms with Crippen molar-refractivity contribution < 1.29 is 20.1 Å². The maximum Gasteiger partial charge on any atom is 0.222 e. The lowest BCUT2D eigenvalue weighted by Gasteiger charge is -2.21. The van der Waals surface area contributed by atoms with E-state index in [0.717, 1.165) is 38.5 Å². The van der Waals surface area contributed by atoms with E-state index >= 15 is 0 Å². The zero-order valence-electron chi connectivity index (χ0n) is 34.4. The highest BCUT2D eigenvalue weighted by atomic mass is 16.3. The highest BCUT2D eigenvalue weighted by Crippen LogP contribution is 2.15. The first kappa shape index (κ1) is 50.3. The van der Waals surface area contributed by atoms with Gasteiger partial charge in [0.2, 0.25) is 5.91 Å². The lowest BCUT2D eigenvalue weighted by Crippen LogP contribution is -2.45. The number of aliphatic hydroxyl groups excluding tert-OH is 3. The van der Waals surface area contributed by atoms with Crippen molar-refractivity contribution in [3.63, 3.8) is 0 Å². The minimum Gasteiger partial charge on any atom is -0.394 e. The molecule has 0 aromatic heterocycles. The van der Waals surface area contributed by atoms with Crippen molar-refractivity contribution in [3.05, 3.63) is 48.6 Å².